The van der Waals surface area contributed by atoms with Crippen LogP contribution in [0.2, 0.25) is 0 Å². The molecule has 2 aromatic rings. The third-order valence-corrected chi connectivity index (χ3v) is 5.25. The van der Waals surface area contributed by atoms with E-state index in [0.717, 1.165) is 32.5 Å². The monoisotopic (exact) mass is 569 g/mol. The third kappa shape index (κ3) is 8.69. The van der Waals surface area contributed by atoms with Crippen molar-refractivity contribution in [2.24, 2.45) is 4.99 Å². The van der Waals surface area contributed by atoms with Gasteiger partial charge in [-0.1, -0.05) is 18.2 Å². The average molecular weight is 569 g/mol. The van der Waals surface area contributed by atoms with Gasteiger partial charge in [0.25, 0.3) is 5.69 Å². The van der Waals surface area contributed by atoms with Crippen molar-refractivity contribution >= 4 is 41.3 Å². The summed E-state index contributed by atoms with van der Waals surface area (Å²) in [5.41, 5.74) is 1.25. The zero-order valence-electron chi connectivity index (χ0n) is 18.7. The highest BCUT2D eigenvalue weighted by Gasteiger charge is 2.20. The molecule has 0 spiro atoms. The summed E-state index contributed by atoms with van der Waals surface area (Å²) in [4.78, 5) is 17.1. The van der Waals surface area contributed by atoms with E-state index in [4.69, 9.17) is 4.74 Å². The molecule has 0 saturated carbocycles. The van der Waals surface area contributed by atoms with E-state index in [1.807, 2.05) is 13.0 Å². The summed E-state index contributed by atoms with van der Waals surface area (Å²) in [6.45, 7) is 4.92. The summed E-state index contributed by atoms with van der Waals surface area (Å²) in [5, 5.41) is 27.6. The highest BCUT2D eigenvalue weighted by Crippen LogP contribution is 2.19. The molecule has 1 atom stereocenters. The molecule has 9 nitrogen and oxygen atoms in total. The fourth-order valence-corrected chi connectivity index (χ4v) is 3.54. The van der Waals surface area contributed by atoms with Crippen molar-refractivity contribution in [1.29, 1.82) is 0 Å². The van der Waals surface area contributed by atoms with Gasteiger partial charge in [0.15, 0.2) is 5.96 Å². The number of benzene rings is 2. The van der Waals surface area contributed by atoms with Crippen LogP contribution < -0.4 is 20.3 Å². The Kier molecular flexibility index (Phi) is 11.2. The van der Waals surface area contributed by atoms with Crippen LogP contribution in [-0.4, -0.2) is 60.9 Å². The van der Waals surface area contributed by atoms with Crippen LogP contribution in [0.4, 0.5) is 11.4 Å². The number of nitro groups is 1. The molecule has 3 rings (SSSR count). The number of nitro benzene ring substituents is 1. The van der Waals surface area contributed by atoms with E-state index in [1.54, 1.807) is 0 Å². The van der Waals surface area contributed by atoms with Crippen molar-refractivity contribution in [3.8, 4) is 5.75 Å². The van der Waals surface area contributed by atoms with Gasteiger partial charge >= 0.3 is 0 Å². The first-order chi connectivity index (χ1) is 15.5. The fourth-order valence-electron chi connectivity index (χ4n) is 3.54. The van der Waals surface area contributed by atoms with Crippen LogP contribution in [-0.2, 0) is 0 Å². The van der Waals surface area contributed by atoms with E-state index in [-0.39, 0.29) is 42.8 Å². The lowest BCUT2D eigenvalue weighted by atomic mass is 10.0. The number of non-ortho nitro benzene ring substituents is 1. The second-order valence-corrected chi connectivity index (χ2v) is 7.68. The van der Waals surface area contributed by atoms with Gasteiger partial charge in [0.05, 0.1) is 11.5 Å². The Morgan fingerprint density at radius 2 is 1.88 bits per heavy atom. The number of hydrogen-bond donors (Lipinski definition) is 3. The Balaban J connectivity index is 0.00000385. The fraction of sp³-hybridized carbons (Fsp3) is 0.435. The van der Waals surface area contributed by atoms with E-state index in [1.165, 1.54) is 30.0 Å². The Bertz CT molecular complexity index is 874. The molecule has 2 aromatic carbocycles. The van der Waals surface area contributed by atoms with Crippen LogP contribution >= 0.6 is 24.0 Å². The Morgan fingerprint density at radius 3 is 2.48 bits per heavy atom. The van der Waals surface area contributed by atoms with Gasteiger partial charge in [-0.25, -0.2) is 0 Å². The molecule has 1 saturated heterocycles. The normalized spacial score (nSPS) is 15.3. The summed E-state index contributed by atoms with van der Waals surface area (Å²) in [5.74, 6) is 1.15. The second-order valence-electron chi connectivity index (χ2n) is 7.68. The van der Waals surface area contributed by atoms with Gasteiger partial charge in [0.1, 0.15) is 18.5 Å². The maximum absolute atomic E-state index is 10.7. The van der Waals surface area contributed by atoms with Crippen LogP contribution in [0.3, 0.4) is 0 Å². The molecule has 0 radical (unpaired) electrons. The molecule has 1 heterocycles. The van der Waals surface area contributed by atoms with Gasteiger partial charge in [-0.2, -0.15) is 0 Å². The summed E-state index contributed by atoms with van der Waals surface area (Å²) in [7, 11) is 0. The van der Waals surface area contributed by atoms with Crippen LogP contribution in [0.5, 0.6) is 5.75 Å². The molecule has 0 amide bonds. The van der Waals surface area contributed by atoms with Gasteiger partial charge in [-0.3, -0.25) is 15.1 Å². The third-order valence-electron chi connectivity index (χ3n) is 5.25. The number of ether oxygens (including phenoxy) is 1. The molecule has 10 heteroatoms. The largest absolute Gasteiger partial charge is 0.491 e. The standard InChI is InChI=1S/C23H31N5O4.HI/c1-2-24-23(26-18-12-14-27(15-13-18)19-6-4-3-5-7-19)25-16-21(29)17-32-22-10-8-20(9-11-22)28(30)31;/h3-11,18,21,29H,2,12-17H2,1H3,(H2,24,25,26);1H. The van der Waals surface area contributed by atoms with Gasteiger partial charge in [0, 0.05) is 43.5 Å². The average Bonchev–Trinajstić information content (AvgIpc) is 2.82. The molecular formula is C23H32IN5O4. The number of nitrogens with one attached hydrogen (secondary N) is 2. The van der Waals surface area contributed by atoms with E-state index in [2.05, 4.69) is 44.8 Å². The molecule has 1 aliphatic rings. The minimum Gasteiger partial charge on any atom is -0.491 e. The SMILES string of the molecule is CCNC(=NCC(O)COc1ccc([N+](=O)[O-])cc1)NC1CCN(c2ccccc2)CC1.I. The predicted octanol–water partition coefficient (Wildman–Crippen LogP) is 3.18. The van der Waals surface area contributed by atoms with Crippen molar-refractivity contribution in [2.75, 3.05) is 37.7 Å². The maximum Gasteiger partial charge on any atom is 0.269 e. The summed E-state index contributed by atoms with van der Waals surface area (Å²) >= 11 is 0. The van der Waals surface area contributed by atoms with Gasteiger partial charge in [-0.15, -0.1) is 24.0 Å². The summed E-state index contributed by atoms with van der Waals surface area (Å²) in [6.07, 6.45) is 1.22. The van der Waals surface area contributed by atoms with Crippen LogP contribution in [0.15, 0.2) is 59.6 Å². The Morgan fingerprint density at radius 1 is 1.21 bits per heavy atom. The van der Waals surface area contributed by atoms with E-state index < -0.39 is 11.0 Å². The number of guanidine groups is 1. The number of para-hydroxylation sites is 1. The molecule has 1 unspecified atom stereocenters. The number of nitrogens with zero attached hydrogens (tertiary/aromatic N) is 3. The molecule has 0 bridgehead atoms. The first kappa shape index (κ1) is 26.7. The van der Waals surface area contributed by atoms with E-state index in [9.17, 15) is 15.2 Å². The summed E-state index contributed by atoms with van der Waals surface area (Å²) < 4.78 is 5.51. The topological polar surface area (TPSA) is 112 Å². The van der Waals surface area contributed by atoms with Crippen molar-refractivity contribution < 1.29 is 14.8 Å². The number of rotatable bonds is 9. The zero-order chi connectivity index (χ0) is 22.8. The molecule has 1 fully saturated rings. The first-order valence-electron chi connectivity index (χ1n) is 11.0. The van der Waals surface area contributed by atoms with Gasteiger partial charge in [-0.05, 0) is 44.0 Å². The van der Waals surface area contributed by atoms with Crippen molar-refractivity contribution in [3.63, 3.8) is 0 Å². The number of halogens is 1. The number of aliphatic hydroxyl groups is 1. The van der Waals surface area contributed by atoms with Crippen LogP contribution in [0, 0.1) is 10.1 Å². The number of hydrogen-bond acceptors (Lipinski definition) is 6. The lowest BCUT2D eigenvalue weighted by Crippen LogP contribution is -2.49. The molecule has 0 aromatic heterocycles. The number of aliphatic hydroxyl groups excluding tert-OH is 1. The van der Waals surface area contributed by atoms with E-state index in [0.29, 0.717) is 17.8 Å². The smallest absolute Gasteiger partial charge is 0.269 e. The quantitative estimate of drug-likeness (QED) is 0.140. The maximum atomic E-state index is 10.7. The van der Waals surface area contributed by atoms with E-state index >= 15 is 0 Å². The molecule has 0 aliphatic carbocycles. The zero-order valence-corrected chi connectivity index (χ0v) is 21.1. The number of anilines is 1. The first-order valence-corrected chi connectivity index (χ1v) is 11.0. The highest BCUT2D eigenvalue weighted by atomic mass is 127. The molecular weight excluding hydrogens is 537 g/mol. The lowest BCUT2D eigenvalue weighted by molar-refractivity contribution is -0.384. The van der Waals surface area contributed by atoms with Crippen molar-refractivity contribution in [3.05, 3.63) is 64.7 Å². The molecule has 180 valence electrons. The summed E-state index contributed by atoms with van der Waals surface area (Å²) in [6, 6.07) is 16.5. The number of piperidine rings is 1. The number of aliphatic imine (C=N–C) groups is 1. The Hall–Kier alpha value is -2.60. The molecule has 1 aliphatic heterocycles. The van der Waals surface area contributed by atoms with Crippen molar-refractivity contribution in [1.82, 2.24) is 10.6 Å². The highest BCUT2D eigenvalue weighted by molar-refractivity contribution is 14.0. The predicted molar refractivity (Wildman–Crippen MR) is 141 cm³/mol. The second kappa shape index (κ2) is 13.8. The Labute approximate surface area is 211 Å². The molecule has 33 heavy (non-hydrogen) atoms. The minimum atomic E-state index is -0.791. The molecule has 3 N–H and O–H groups in total. The van der Waals surface area contributed by atoms with Crippen LogP contribution in [0.25, 0.3) is 0 Å². The van der Waals surface area contributed by atoms with Crippen molar-refractivity contribution in [2.45, 2.75) is 31.9 Å². The van der Waals surface area contributed by atoms with Gasteiger partial charge < -0.3 is 25.4 Å². The lowest BCUT2D eigenvalue weighted by Gasteiger charge is -2.34. The minimum absolute atomic E-state index is 0. The van der Waals surface area contributed by atoms with Crippen LogP contribution in [0.1, 0.15) is 19.8 Å². The van der Waals surface area contributed by atoms with Gasteiger partial charge in [0.2, 0.25) is 0 Å².